The number of methoxy groups -OCH3 is 1. The van der Waals surface area contributed by atoms with E-state index in [2.05, 4.69) is 10.3 Å². The van der Waals surface area contributed by atoms with Crippen molar-refractivity contribution in [3.63, 3.8) is 0 Å². The first-order valence-corrected chi connectivity index (χ1v) is 10.4. The number of esters is 1. The molecule has 1 saturated carbocycles. The molecule has 6 nitrogen and oxygen atoms in total. The average Bonchev–Trinajstić information content (AvgIpc) is 3.09. The summed E-state index contributed by atoms with van der Waals surface area (Å²) in [4.78, 5) is 16.3. The number of nitrogens with one attached hydrogen (secondary N) is 1. The number of nitrogens with zero attached hydrogens (tertiary/aromatic N) is 3. The fraction of sp³-hybridized carbons (Fsp3) is 0.435. The third-order valence-corrected chi connectivity index (χ3v) is 5.81. The van der Waals surface area contributed by atoms with Crippen molar-refractivity contribution in [3.8, 4) is 0 Å². The molecular weight excluding hydrogens is 364 g/mol. The Morgan fingerprint density at radius 3 is 2.62 bits per heavy atom. The smallest absolute Gasteiger partial charge is 0.337 e. The topological polar surface area (TPSA) is 69.0 Å². The molecule has 0 unspecified atom stereocenters. The highest BCUT2D eigenvalue weighted by Gasteiger charge is 2.18. The number of rotatable bonds is 6. The summed E-state index contributed by atoms with van der Waals surface area (Å²) in [6.07, 6.45) is 9.86. The number of carbonyl (C=O) groups is 1. The van der Waals surface area contributed by atoms with E-state index in [-0.39, 0.29) is 5.97 Å². The molecule has 152 valence electrons. The van der Waals surface area contributed by atoms with Crippen LogP contribution in [-0.2, 0) is 24.6 Å². The van der Waals surface area contributed by atoms with Crippen molar-refractivity contribution in [1.29, 1.82) is 0 Å². The summed E-state index contributed by atoms with van der Waals surface area (Å²) in [6, 6.07) is 10.1. The first-order chi connectivity index (χ1) is 14.2. The van der Waals surface area contributed by atoms with Crippen molar-refractivity contribution < 1.29 is 9.53 Å². The molecule has 3 aromatic rings. The van der Waals surface area contributed by atoms with Gasteiger partial charge in [-0.3, -0.25) is 4.68 Å². The van der Waals surface area contributed by atoms with Crippen molar-refractivity contribution in [2.75, 3.05) is 12.4 Å². The van der Waals surface area contributed by atoms with E-state index in [0.29, 0.717) is 11.6 Å². The zero-order valence-corrected chi connectivity index (χ0v) is 17.1. The number of hydrogen-bond donors (Lipinski definition) is 1. The van der Waals surface area contributed by atoms with Crippen LogP contribution < -0.4 is 5.32 Å². The molecule has 4 rings (SSSR count). The first-order valence-electron chi connectivity index (χ1n) is 10.4. The molecule has 0 atom stereocenters. The molecule has 1 fully saturated rings. The van der Waals surface area contributed by atoms with E-state index >= 15 is 0 Å². The maximum absolute atomic E-state index is 11.6. The quantitative estimate of drug-likeness (QED) is 0.634. The van der Waals surface area contributed by atoms with Gasteiger partial charge in [0.1, 0.15) is 5.82 Å². The van der Waals surface area contributed by atoms with Crippen LogP contribution in [0.4, 0.5) is 5.82 Å². The molecule has 2 heterocycles. The minimum atomic E-state index is -0.309. The van der Waals surface area contributed by atoms with Crippen LogP contribution in [0.1, 0.15) is 53.7 Å². The molecule has 1 aliphatic rings. The van der Waals surface area contributed by atoms with E-state index in [0.717, 1.165) is 35.3 Å². The minimum absolute atomic E-state index is 0.309. The number of ether oxygens (including phenoxy) is 1. The van der Waals surface area contributed by atoms with Crippen LogP contribution in [0.3, 0.4) is 0 Å². The van der Waals surface area contributed by atoms with Gasteiger partial charge in [-0.25, -0.2) is 9.78 Å². The maximum atomic E-state index is 11.6. The Labute approximate surface area is 171 Å². The molecule has 6 heteroatoms. The van der Waals surface area contributed by atoms with Crippen molar-refractivity contribution >= 4 is 22.7 Å². The molecule has 1 N–H and O–H groups in total. The molecule has 1 aliphatic carbocycles. The Hall–Kier alpha value is -2.89. The van der Waals surface area contributed by atoms with Gasteiger partial charge in [-0.1, -0.05) is 31.4 Å². The van der Waals surface area contributed by atoms with Gasteiger partial charge in [0.15, 0.2) is 0 Å². The van der Waals surface area contributed by atoms with Gasteiger partial charge in [0.2, 0.25) is 0 Å². The number of carbonyl (C=O) groups excluding carboxylic acids is 1. The van der Waals surface area contributed by atoms with Gasteiger partial charge in [-0.05, 0) is 49.4 Å². The van der Waals surface area contributed by atoms with Crippen LogP contribution in [-0.4, -0.2) is 33.9 Å². The van der Waals surface area contributed by atoms with Gasteiger partial charge >= 0.3 is 5.97 Å². The SMILES string of the molecule is COC(=O)c1ccc(CCc2nn(C)c3ccnc(NC4CCCCC4)c23)cc1. The fourth-order valence-electron chi connectivity index (χ4n) is 4.20. The number of hydrogen-bond acceptors (Lipinski definition) is 5. The van der Waals surface area contributed by atoms with Crippen LogP contribution in [0.15, 0.2) is 36.5 Å². The van der Waals surface area contributed by atoms with Crippen molar-refractivity contribution in [3.05, 3.63) is 53.3 Å². The highest BCUT2D eigenvalue weighted by molar-refractivity contribution is 5.92. The zero-order valence-electron chi connectivity index (χ0n) is 17.1. The second kappa shape index (κ2) is 8.64. The predicted molar refractivity (Wildman–Crippen MR) is 114 cm³/mol. The molecule has 0 spiro atoms. The standard InChI is InChI=1S/C23H28N4O2/c1-27-20-14-15-24-22(25-18-6-4-3-5-7-18)21(20)19(26-27)13-10-16-8-11-17(12-9-16)23(28)29-2/h8-9,11-12,14-15,18H,3-7,10,13H2,1-2H3,(H,24,25). The van der Waals surface area contributed by atoms with E-state index < -0.39 is 0 Å². The van der Waals surface area contributed by atoms with Crippen molar-refractivity contribution in [2.24, 2.45) is 7.05 Å². The van der Waals surface area contributed by atoms with E-state index in [1.807, 2.05) is 48.3 Å². The Kier molecular flexibility index (Phi) is 5.79. The third-order valence-electron chi connectivity index (χ3n) is 5.81. The summed E-state index contributed by atoms with van der Waals surface area (Å²) in [5, 5.41) is 9.60. The highest BCUT2D eigenvalue weighted by Crippen LogP contribution is 2.28. The van der Waals surface area contributed by atoms with Gasteiger partial charge in [0.05, 0.1) is 29.3 Å². The number of anilines is 1. The van der Waals surface area contributed by atoms with Gasteiger partial charge < -0.3 is 10.1 Å². The maximum Gasteiger partial charge on any atom is 0.337 e. The Bertz CT molecular complexity index is 988. The number of benzene rings is 1. The number of aryl methyl sites for hydroxylation is 3. The molecule has 0 bridgehead atoms. The second-order valence-electron chi connectivity index (χ2n) is 7.79. The summed E-state index contributed by atoms with van der Waals surface area (Å²) in [5.41, 5.74) is 3.91. The normalized spacial score (nSPS) is 14.8. The fourth-order valence-corrected chi connectivity index (χ4v) is 4.20. The van der Waals surface area contributed by atoms with E-state index in [1.165, 1.54) is 44.8 Å². The summed E-state index contributed by atoms with van der Waals surface area (Å²) >= 11 is 0. The Morgan fingerprint density at radius 1 is 1.14 bits per heavy atom. The molecule has 2 aromatic heterocycles. The summed E-state index contributed by atoms with van der Waals surface area (Å²) in [6.45, 7) is 0. The minimum Gasteiger partial charge on any atom is -0.465 e. The Balaban J connectivity index is 1.54. The molecule has 0 aliphatic heterocycles. The molecule has 0 amide bonds. The predicted octanol–water partition coefficient (Wildman–Crippen LogP) is 4.28. The zero-order chi connectivity index (χ0) is 20.2. The summed E-state index contributed by atoms with van der Waals surface area (Å²) in [5.74, 6) is 0.648. The Morgan fingerprint density at radius 2 is 1.90 bits per heavy atom. The van der Waals surface area contributed by atoms with E-state index in [9.17, 15) is 4.79 Å². The van der Waals surface area contributed by atoms with Crippen LogP contribution in [0.2, 0.25) is 0 Å². The van der Waals surface area contributed by atoms with Gasteiger partial charge in [-0.2, -0.15) is 5.10 Å². The highest BCUT2D eigenvalue weighted by atomic mass is 16.5. The van der Waals surface area contributed by atoms with E-state index in [4.69, 9.17) is 9.84 Å². The number of aromatic nitrogens is 3. The lowest BCUT2D eigenvalue weighted by molar-refractivity contribution is 0.0600. The molecular formula is C23H28N4O2. The number of pyridine rings is 1. The molecule has 0 saturated heterocycles. The molecule has 1 aromatic carbocycles. The van der Waals surface area contributed by atoms with Crippen molar-refractivity contribution in [2.45, 2.75) is 51.0 Å². The van der Waals surface area contributed by atoms with Crippen LogP contribution in [0.5, 0.6) is 0 Å². The van der Waals surface area contributed by atoms with Gasteiger partial charge in [-0.15, -0.1) is 0 Å². The van der Waals surface area contributed by atoms with Crippen LogP contribution >= 0.6 is 0 Å². The summed E-state index contributed by atoms with van der Waals surface area (Å²) < 4.78 is 6.71. The lowest BCUT2D eigenvalue weighted by Gasteiger charge is -2.23. The van der Waals surface area contributed by atoms with Gasteiger partial charge in [0, 0.05) is 19.3 Å². The van der Waals surface area contributed by atoms with Crippen LogP contribution in [0.25, 0.3) is 10.9 Å². The monoisotopic (exact) mass is 392 g/mol. The lowest BCUT2D eigenvalue weighted by Crippen LogP contribution is -2.23. The lowest BCUT2D eigenvalue weighted by atomic mass is 9.95. The van der Waals surface area contributed by atoms with Crippen LogP contribution in [0, 0.1) is 0 Å². The molecule has 0 radical (unpaired) electrons. The number of fused-ring (bicyclic) bond motifs is 1. The first kappa shape index (κ1) is 19.4. The van der Waals surface area contributed by atoms with E-state index in [1.54, 1.807) is 0 Å². The van der Waals surface area contributed by atoms with Crippen molar-refractivity contribution in [1.82, 2.24) is 14.8 Å². The third kappa shape index (κ3) is 4.26. The largest absolute Gasteiger partial charge is 0.465 e. The molecule has 29 heavy (non-hydrogen) atoms. The van der Waals surface area contributed by atoms with Gasteiger partial charge in [0.25, 0.3) is 0 Å². The average molecular weight is 393 g/mol. The second-order valence-corrected chi connectivity index (χ2v) is 7.79. The summed E-state index contributed by atoms with van der Waals surface area (Å²) in [7, 11) is 3.39.